The van der Waals surface area contributed by atoms with Gasteiger partial charge in [0.05, 0.1) is 77.2 Å². The Labute approximate surface area is 783 Å². The Kier molecular flexibility index (Phi) is 51.2. The largest absolute Gasteiger partial charge is 0.508 e. The maximum Gasteiger partial charge on any atom is 0.322 e. The fourth-order valence-electron chi connectivity index (χ4n) is 12.6. The van der Waals surface area contributed by atoms with Gasteiger partial charge in [0, 0.05) is 38.4 Å². The van der Waals surface area contributed by atoms with Gasteiger partial charge in [-0.15, -0.1) is 0 Å². The molecule has 3 rings (SSSR count). The van der Waals surface area contributed by atoms with Crippen molar-refractivity contribution in [1.82, 2.24) is 111 Å². The number of aliphatic hydroxyl groups is 5. The molecule has 760 valence electrons. The monoisotopic (exact) mass is 1970 g/mol. The van der Waals surface area contributed by atoms with Crippen molar-refractivity contribution in [2.75, 3.05) is 77.8 Å². The summed E-state index contributed by atoms with van der Waals surface area (Å²) in [4.78, 5) is 322. The number of benzene rings is 1. The van der Waals surface area contributed by atoms with Crippen LogP contribution in [0.5, 0.6) is 5.75 Å². The van der Waals surface area contributed by atoms with E-state index in [9.17, 15) is 166 Å². The van der Waals surface area contributed by atoms with Crippen molar-refractivity contribution in [3.63, 3.8) is 0 Å². The molecule has 1 saturated heterocycles. The van der Waals surface area contributed by atoms with E-state index in [0.29, 0.717) is 11.3 Å². The number of hydrogen-bond acceptors (Lipinski definition) is 33. The quantitative estimate of drug-likeness (QED) is 0.0292. The minimum absolute atomic E-state index is 0.00525. The number of carbonyl (C=O) groups excluding carboxylic acids is 19. The standard InChI is InChI=1S/C79H118N22O35S/c1-36(2)21-47(94-66(123)42(80)22-39-8-10-41(107)11-9-39)72(129)93-46(18-20-137-5)69(126)87-37(3)64(121)85-28-58(110)101-19-6-7-55(101)79(136)84-27-57(109)89-51(31-103)75(132)99-54(34-106)78(135)100-53(33-105)76(133)92-44(13-16-60(113)114)70(127)90-45(14-17-61(115)116)71(128)96-49(24-62(117)118)74(131)91-43(12-15-59(111)112)68(125)88-38(4)65(122)97-52(32-104)77(134)95-48(23-40-25-81-35-86-40)73(130)98-50(30-102)67(124)83-26-56(108)82-29-63(119)120/h8-11,25,35-38,42-55,102-107H,6-7,12-24,26-34,80H2,1-5H3,(H,81,86)(H,82,108)(H,83,124)(H,84,136)(H,85,121)(H,87,126)(H,88,125)(H,89,109)(H,90,127)(H,91,131)(H,92,133)(H,93,129)(H,94,123)(H,95,134)(H,96,128)(H,97,122)(H,98,130)(H,99,132)(H,100,135)(H,111,112)(H,113,114)(H,115,116)(H,117,118)(H,119,120)/t37-,38-,42-,43-,44-,45-,46-,47-,48-,49-,50-,51-,52-,53-,54-,55-/m0/s1. The summed E-state index contributed by atoms with van der Waals surface area (Å²) in [6.45, 7) is -3.68. The van der Waals surface area contributed by atoms with Crippen LogP contribution in [-0.2, 0) is 128 Å². The molecule has 0 radical (unpaired) electrons. The van der Waals surface area contributed by atoms with Gasteiger partial charge < -0.3 is 167 Å². The van der Waals surface area contributed by atoms with Crippen LogP contribution in [0, 0.1) is 5.92 Å². The predicted octanol–water partition coefficient (Wildman–Crippen LogP) is -14.6. The number of aliphatic hydroxyl groups excluding tert-OH is 5. The topological polar surface area (TPSA) is 907 Å². The zero-order valence-corrected chi connectivity index (χ0v) is 75.7. The van der Waals surface area contributed by atoms with Crippen molar-refractivity contribution < 1.29 is 171 Å². The van der Waals surface area contributed by atoms with Crippen LogP contribution < -0.4 is 101 Å². The molecule has 0 saturated carbocycles. The van der Waals surface area contributed by atoms with Crippen LogP contribution in [0.3, 0.4) is 0 Å². The summed E-state index contributed by atoms with van der Waals surface area (Å²) in [5.74, 6) is -30.4. The minimum atomic E-state index is -2.36. The number of amides is 19. The molecule has 58 heteroatoms. The molecule has 2 aromatic rings. The molecule has 19 amide bonds. The number of thioether (sulfide) groups is 1. The highest BCUT2D eigenvalue weighted by Crippen LogP contribution is 2.19. The Morgan fingerprint density at radius 2 is 0.796 bits per heavy atom. The molecule has 137 heavy (non-hydrogen) atoms. The fraction of sp³-hybridized carbons (Fsp3) is 0.582. The van der Waals surface area contributed by atoms with E-state index in [1.807, 2.05) is 37.2 Å². The summed E-state index contributed by atoms with van der Waals surface area (Å²) < 4.78 is 0. The Morgan fingerprint density at radius 3 is 1.24 bits per heavy atom. The summed E-state index contributed by atoms with van der Waals surface area (Å²) in [5.41, 5.74) is 6.91. The summed E-state index contributed by atoms with van der Waals surface area (Å²) in [5, 5.41) is 147. The number of phenols is 1. The zero-order chi connectivity index (χ0) is 103. The maximum absolute atomic E-state index is 14.1. The Hall–Kier alpha value is -14.4. The molecule has 1 aromatic carbocycles. The normalized spacial score (nSPS) is 15.4. The van der Waals surface area contributed by atoms with E-state index < -0.39 is 349 Å². The molecule has 0 spiro atoms. The van der Waals surface area contributed by atoms with Crippen molar-refractivity contribution in [1.29, 1.82) is 0 Å². The van der Waals surface area contributed by atoms with E-state index in [1.165, 1.54) is 43.3 Å². The number of nitrogens with two attached hydrogens (primary N) is 1. The molecule has 1 fully saturated rings. The highest BCUT2D eigenvalue weighted by atomic mass is 32.2. The summed E-state index contributed by atoms with van der Waals surface area (Å²) in [7, 11) is 0. The van der Waals surface area contributed by atoms with Gasteiger partial charge in [-0.1, -0.05) is 26.0 Å². The first kappa shape index (κ1) is 117. The van der Waals surface area contributed by atoms with Crippen LogP contribution in [0.4, 0.5) is 0 Å². The molecular formula is C79H118N22O35S. The number of carbonyl (C=O) groups is 24. The van der Waals surface area contributed by atoms with E-state index >= 15 is 0 Å². The molecule has 1 aromatic heterocycles. The predicted molar refractivity (Wildman–Crippen MR) is 466 cm³/mol. The second kappa shape index (κ2) is 60.1. The Bertz CT molecular complexity index is 4570. The average Bonchev–Trinajstić information content (AvgIpc) is 1.49. The first-order valence-electron chi connectivity index (χ1n) is 42.4. The average molecular weight is 1970 g/mol. The number of nitrogens with one attached hydrogen (secondary N) is 19. The van der Waals surface area contributed by atoms with E-state index in [-0.39, 0.29) is 56.0 Å². The lowest BCUT2D eigenvalue weighted by molar-refractivity contribution is -0.142. The summed E-state index contributed by atoms with van der Waals surface area (Å²) in [6.07, 6.45) is -2.82. The molecule has 0 unspecified atom stereocenters. The van der Waals surface area contributed by atoms with Crippen LogP contribution in [0.15, 0.2) is 36.8 Å². The van der Waals surface area contributed by atoms with Crippen molar-refractivity contribution in [3.05, 3.63) is 48.0 Å². The van der Waals surface area contributed by atoms with Gasteiger partial charge in [-0.25, -0.2) is 4.98 Å². The summed E-state index contributed by atoms with van der Waals surface area (Å²) in [6, 6.07) is -22.4. The molecule has 32 N–H and O–H groups in total. The van der Waals surface area contributed by atoms with Crippen LogP contribution in [0.1, 0.15) is 110 Å². The van der Waals surface area contributed by atoms with E-state index in [1.54, 1.807) is 32.2 Å². The number of phenolic OH excluding ortho intramolecular Hbond substituents is 1. The van der Waals surface area contributed by atoms with Gasteiger partial charge in [-0.3, -0.25) is 115 Å². The number of aromatic nitrogens is 2. The second-order valence-electron chi connectivity index (χ2n) is 31.3. The number of nitrogens with zero attached hydrogens (tertiary/aromatic N) is 2. The number of aromatic hydroxyl groups is 1. The van der Waals surface area contributed by atoms with Gasteiger partial charge in [0.15, 0.2) is 0 Å². The third-order valence-corrected chi connectivity index (χ3v) is 20.6. The van der Waals surface area contributed by atoms with Crippen molar-refractivity contribution in [2.24, 2.45) is 11.7 Å². The first-order valence-corrected chi connectivity index (χ1v) is 43.8. The molecular weight excluding hydrogens is 1850 g/mol. The highest BCUT2D eigenvalue weighted by Gasteiger charge is 2.41. The van der Waals surface area contributed by atoms with Gasteiger partial charge >= 0.3 is 29.8 Å². The third kappa shape index (κ3) is 42.8. The van der Waals surface area contributed by atoms with Crippen molar-refractivity contribution >= 4 is 154 Å². The van der Waals surface area contributed by atoms with Gasteiger partial charge in [0.1, 0.15) is 103 Å². The number of imidazole rings is 1. The SMILES string of the molecule is CSCC[C@H](NC(=O)[C@H](CC(C)C)NC(=O)[C@@H](N)Cc1ccc(O)cc1)C(=O)N[C@@H](C)C(=O)NCC(=O)N1CCC[C@H]1C(=O)NCC(=O)N[C@@H](CO)C(=O)N[C@@H](CO)C(=O)N[C@@H](CO)C(=O)N[C@@H](CCC(=O)O)C(=O)N[C@@H](CCC(=O)O)C(=O)N[C@@H](CC(=O)O)C(=O)N[C@@H](CCC(=O)O)C(=O)N[C@@H](C)C(=O)N[C@@H](CO)C(=O)N[C@@H](Cc1c[nH]cn1)C(=O)N[C@@H](CO)C(=O)NCC(=O)NCC(=O)O. The lowest BCUT2D eigenvalue weighted by Gasteiger charge is -2.27. The number of carboxylic acid groups (broad SMARTS) is 5. The fourth-order valence-corrected chi connectivity index (χ4v) is 13.0. The number of hydrogen-bond donors (Lipinski definition) is 31. The first-order chi connectivity index (χ1) is 64.6. The number of rotatable bonds is 63. The lowest BCUT2D eigenvalue weighted by atomic mass is 10.0. The van der Waals surface area contributed by atoms with Crippen LogP contribution >= 0.6 is 11.8 Å². The van der Waals surface area contributed by atoms with Gasteiger partial charge in [-0.05, 0) is 101 Å². The van der Waals surface area contributed by atoms with Crippen LogP contribution in [-0.4, -0.2) is 388 Å². The molecule has 1 aliphatic heterocycles. The van der Waals surface area contributed by atoms with Crippen molar-refractivity contribution in [3.8, 4) is 5.75 Å². The number of carboxylic acids is 5. The van der Waals surface area contributed by atoms with E-state index in [2.05, 4.69) is 68.5 Å². The second-order valence-corrected chi connectivity index (χ2v) is 32.3. The Balaban J connectivity index is 1.68. The van der Waals surface area contributed by atoms with E-state index in [0.717, 1.165) is 11.8 Å². The number of aromatic amines is 1. The molecule has 1 aliphatic rings. The molecule has 16 atom stereocenters. The maximum atomic E-state index is 14.1. The smallest absolute Gasteiger partial charge is 0.322 e. The highest BCUT2D eigenvalue weighted by molar-refractivity contribution is 7.98. The van der Waals surface area contributed by atoms with Gasteiger partial charge in [-0.2, -0.15) is 11.8 Å². The molecule has 0 bridgehead atoms. The number of H-pyrrole nitrogens is 1. The zero-order valence-electron chi connectivity index (χ0n) is 74.8. The lowest BCUT2D eigenvalue weighted by Crippen LogP contribution is -2.61. The Morgan fingerprint density at radius 1 is 0.409 bits per heavy atom. The minimum Gasteiger partial charge on any atom is -0.508 e. The summed E-state index contributed by atoms with van der Waals surface area (Å²) >= 11 is 1.35. The van der Waals surface area contributed by atoms with Crippen molar-refractivity contribution in [2.45, 2.75) is 208 Å². The van der Waals surface area contributed by atoms with Crippen LogP contribution in [0.2, 0.25) is 0 Å². The molecule has 57 nitrogen and oxygen atoms in total. The van der Waals surface area contributed by atoms with E-state index in [4.69, 9.17) is 10.8 Å². The number of likely N-dealkylation sites (tertiary alicyclic amines) is 1. The van der Waals surface area contributed by atoms with Gasteiger partial charge in [0.2, 0.25) is 112 Å². The molecule has 2 heterocycles. The molecule has 0 aliphatic carbocycles. The van der Waals surface area contributed by atoms with Crippen LogP contribution in [0.25, 0.3) is 0 Å². The van der Waals surface area contributed by atoms with Gasteiger partial charge in [0.25, 0.3) is 0 Å². The number of aliphatic carboxylic acids is 5. The third-order valence-electron chi connectivity index (χ3n) is 19.9.